The molecule has 74 heavy (non-hydrogen) atoms. The van der Waals surface area contributed by atoms with Gasteiger partial charge in [0.15, 0.2) is 0 Å². The van der Waals surface area contributed by atoms with Crippen LogP contribution in [0.2, 0.25) is 0 Å². The molecule has 0 N–H and O–H groups in total. The van der Waals surface area contributed by atoms with E-state index in [9.17, 15) is 5.48 Å². The zero-order valence-electron chi connectivity index (χ0n) is 49.9. The molecule has 0 spiro atoms. The van der Waals surface area contributed by atoms with E-state index in [1.165, 1.54) is 0 Å². The molecule has 0 unspecified atom stereocenters. The molecule has 0 atom stereocenters. The van der Waals surface area contributed by atoms with E-state index < -0.39 is 60.4 Å². The van der Waals surface area contributed by atoms with Gasteiger partial charge in [0.05, 0.1) is 52.5 Å². The van der Waals surface area contributed by atoms with Gasteiger partial charge in [0.25, 0.3) is 6.33 Å². The summed E-state index contributed by atoms with van der Waals surface area (Å²) in [5.41, 5.74) is 8.42. The normalized spacial score (nSPS) is 13.8. The van der Waals surface area contributed by atoms with Crippen molar-refractivity contribution in [2.75, 3.05) is 0 Å². The van der Waals surface area contributed by atoms with Gasteiger partial charge in [-0.25, -0.2) is 9.97 Å². The van der Waals surface area contributed by atoms with Gasteiger partial charge in [-0.15, -0.1) is 29.7 Å². The third-order valence-electron chi connectivity index (χ3n) is 13.4. The zero-order valence-corrected chi connectivity index (χ0v) is 42.1. The summed E-state index contributed by atoms with van der Waals surface area (Å²) in [7, 11) is 0. The van der Waals surface area contributed by atoms with E-state index in [0.717, 1.165) is 55.3 Å². The molecule has 14 rings (SSSR count). The molecular formula is C65H45N7OPt-2. The molecule has 0 amide bonds. The molecule has 0 aliphatic rings. The standard InChI is InChI=1S/C65H45N7O.Pt/c1-65(2,3)45-36-37-66-62(38-45)71-55-28-12-10-24-52(55)53-34-33-49(41-60(53)71)73-48-23-16-22-46(39-48)68-42-69(63-50(43-18-6-4-7-19-43)25-17-26-51(63)44-20-8-5-9-21-44)57-35-32-47(40-61(57)68)70-58-30-14-15-31-59(58)72-56-29-13-11-27-54(56)67-64(70)72;/h4-38,40H,1-3H3;/q-2;/i4D,5D,6D,7D,8D,9D,18D,19D,20D,21D;. The molecule has 0 saturated heterocycles. The van der Waals surface area contributed by atoms with Crippen LogP contribution in [-0.2, 0) is 26.5 Å². The van der Waals surface area contributed by atoms with Crippen LogP contribution in [0.1, 0.15) is 40.0 Å². The minimum absolute atomic E-state index is 0. The average molecular weight is 1150 g/mol. The van der Waals surface area contributed by atoms with E-state index in [-0.39, 0.29) is 54.4 Å². The zero-order chi connectivity index (χ0) is 57.5. The Kier molecular flexibility index (Phi) is 8.46. The topological polar surface area (TPSA) is 58.1 Å². The Morgan fingerprint density at radius 1 is 0.581 bits per heavy atom. The fourth-order valence-corrected chi connectivity index (χ4v) is 10.1. The molecule has 9 heteroatoms. The first kappa shape index (κ1) is 35.3. The number of fused-ring (bicyclic) bond motifs is 9. The van der Waals surface area contributed by atoms with Crippen LogP contribution in [-0.4, -0.2) is 28.1 Å². The summed E-state index contributed by atoms with van der Waals surface area (Å²) in [6.07, 6.45) is 5.36. The summed E-state index contributed by atoms with van der Waals surface area (Å²) in [5.74, 6) is 2.13. The van der Waals surface area contributed by atoms with Crippen LogP contribution in [0, 0.1) is 18.5 Å². The number of hydrogen-bond donors (Lipinski definition) is 0. The van der Waals surface area contributed by atoms with Crippen molar-refractivity contribution in [1.82, 2.24) is 28.1 Å². The molecule has 0 aliphatic heterocycles. The number of hydrogen-bond acceptors (Lipinski definition) is 3. The number of nitrogens with zero attached hydrogens (tertiary/aromatic N) is 7. The van der Waals surface area contributed by atoms with Crippen LogP contribution in [0.3, 0.4) is 0 Å². The number of imidazole rings is 3. The Morgan fingerprint density at radius 2 is 1.26 bits per heavy atom. The average Bonchev–Trinajstić information content (AvgIpc) is 3.81. The first-order chi connectivity index (χ1) is 40.0. The fourth-order valence-electron chi connectivity index (χ4n) is 10.1. The molecule has 0 fully saturated rings. The van der Waals surface area contributed by atoms with Gasteiger partial charge in [-0.1, -0.05) is 153 Å². The van der Waals surface area contributed by atoms with E-state index in [1.807, 2.05) is 115 Å². The van der Waals surface area contributed by atoms with Crippen molar-refractivity contribution in [3.05, 3.63) is 242 Å². The number of aromatic nitrogens is 7. The number of rotatable bonds is 8. The molecule has 8 nitrogen and oxygen atoms in total. The van der Waals surface area contributed by atoms with E-state index >= 15 is 0 Å². The van der Waals surface area contributed by atoms with Crippen LogP contribution < -0.4 is 9.30 Å². The number of para-hydroxylation sites is 6. The molecule has 14 aromatic rings. The predicted molar refractivity (Wildman–Crippen MR) is 293 cm³/mol. The minimum atomic E-state index is -0.590. The van der Waals surface area contributed by atoms with Gasteiger partial charge >= 0.3 is 0 Å². The van der Waals surface area contributed by atoms with E-state index in [1.54, 1.807) is 33.4 Å². The maximum absolute atomic E-state index is 9.25. The van der Waals surface area contributed by atoms with E-state index in [4.69, 9.17) is 22.9 Å². The van der Waals surface area contributed by atoms with Crippen LogP contribution in [0.15, 0.2) is 218 Å². The fraction of sp³-hybridized carbons (Fsp3) is 0.0615. The number of ether oxygens (including phenoxy) is 1. The molecule has 5 aromatic heterocycles. The molecule has 0 radical (unpaired) electrons. The van der Waals surface area contributed by atoms with Crippen molar-refractivity contribution in [3.63, 3.8) is 0 Å². The van der Waals surface area contributed by atoms with Crippen molar-refractivity contribution >= 4 is 60.7 Å². The number of benzene rings is 9. The van der Waals surface area contributed by atoms with Gasteiger partial charge in [-0.05, 0) is 98.9 Å². The van der Waals surface area contributed by atoms with Gasteiger partial charge in [0.1, 0.15) is 5.82 Å². The SMILES string of the molecule is [2H]c1c([2H])c([2H])c(-c2cccc(-c3c([2H])c([2H])c([2H])c([2H])c3[2H])c2-[n+]2[c-]n(-c3[c-]c(Oc4[c-]c5c(cc4)c4ccccc4n5-c4cc(C(C)(C)C)ccn4)ccc3)c3cc(-n4c5ccccc5n5c6ccccc6nc45)ccc32)c([2H])c1[2H].[Pt]. The van der Waals surface area contributed by atoms with E-state index in [2.05, 4.69) is 71.0 Å². The molecule has 5 heterocycles. The number of pyridine rings is 1. The van der Waals surface area contributed by atoms with Crippen molar-refractivity contribution in [1.29, 1.82) is 0 Å². The predicted octanol–water partition coefficient (Wildman–Crippen LogP) is 15.0. The van der Waals surface area contributed by atoms with Crippen LogP contribution in [0.4, 0.5) is 0 Å². The summed E-state index contributed by atoms with van der Waals surface area (Å²) in [6, 6.07) is 49.7. The Labute approximate surface area is 455 Å². The van der Waals surface area contributed by atoms with Gasteiger partial charge in [0.2, 0.25) is 5.78 Å². The Morgan fingerprint density at radius 3 is 2.01 bits per heavy atom. The third kappa shape index (κ3) is 7.35. The summed E-state index contributed by atoms with van der Waals surface area (Å²) < 4.78 is 106. The minimum Gasteiger partial charge on any atom is -0.510 e. The van der Waals surface area contributed by atoms with Gasteiger partial charge in [-0.3, -0.25) is 13.5 Å². The second-order valence-electron chi connectivity index (χ2n) is 18.8. The molecule has 0 bridgehead atoms. The molecule has 9 aromatic carbocycles. The first-order valence-electron chi connectivity index (χ1n) is 28.8. The van der Waals surface area contributed by atoms with Gasteiger partial charge in [-0.2, -0.15) is 18.2 Å². The largest absolute Gasteiger partial charge is 0.510 e. The van der Waals surface area contributed by atoms with Crippen LogP contribution in [0.25, 0.3) is 106 Å². The molecular weight excluding hydrogens is 1090 g/mol. The molecule has 358 valence electrons. The third-order valence-corrected chi connectivity index (χ3v) is 13.4. The summed E-state index contributed by atoms with van der Waals surface area (Å²) in [5, 5.41) is 1.99. The van der Waals surface area contributed by atoms with Crippen molar-refractivity contribution in [3.8, 4) is 56.6 Å². The Bertz CT molecular complexity index is 4950. The maximum Gasteiger partial charge on any atom is 0.268 e. The van der Waals surface area contributed by atoms with Crippen molar-refractivity contribution < 1.29 is 44.1 Å². The maximum atomic E-state index is 9.25. The molecule has 0 saturated carbocycles. The Hall–Kier alpha value is -8.84. The van der Waals surface area contributed by atoms with Crippen molar-refractivity contribution in [2.45, 2.75) is 26.2 Å². The summed E-state index contributed by atoms with van der Waals surface area (Å²) in [6.45, 7) is 6.51. The van der Waals surface area contributed by atoms with Crippen LogP contribution >= 0.6 is 0 Å². The molecule has 0 aliphatic carbocycles. The summed E-state index contributed by atoms with van der Waals surface area (Å²) in [4.78, 5) is 9.99. The second-order valence-corrected chi connectivity index (χ2v) is 18.8. The second kappa shape index (κ2) is 17.7. The van der Waals surface area contributed by atoms with Gasteiger partial charge < -0.3 is 13.9 Å². The smallest absolute Gasteiger partial charge is 0.268 e. The first-order valence-corrected chi connectivity index (χ1v) is 23.8. The van der Waals surface area contributed by atoms with Crippen LogP contribution in [0.5, 0.6) is 11.5 Å². The van der Waals surface area contributed by atoms with Gasteiger partial charge in [0, 0.05) is 50.0 Å². The summed E-state index contributed by atoms with van der Waals surface area (Å²) >= 11 is 0. The monoisotopic (exact) mass is 1140 g/mol. The van der Waals surface area contributed by atoms with Crippen molar-refractivity contribution in [2.24, 2.45) is 0 Å². The Balaban J connectivity index is 0.00000658. The van der Waals surface area contributed by atoms with E-state index in [0.29, 0.717) is 39.7 Å². The quantitative estimate of drug-likeness (QED) is 0.113.